The van der Waals surface area contributed by atoms with Gasteiger partial charge in [0, 0.05) is 32.0 Å². The number of nitrogens with zero attached hydrogens (tertiary/aromatic N) is 1. The van der Waals surface area contributed by atoms with Crippen LogP contribution in [0.4, 0.5) is 5.69 Å². The van der Waals surface area contributed by atoms with Crippen LogP contribution in [0.15, 0.2) is 30.4 Å². The molecule has 4 aliphatic rings. The molecule has 3 fully saturated rings. The Balaban J connectivity index is 1.41. The standard InChI is InChI=1S/C26H31Cl2N3O5/c1-35-13-5-12-31-22(24(33)29-15-6-3-2-4-7-15)26-11-10-19(36-26)20(21(26)25(31)34)23(32)30-16-8-9-17(27)18(28)14-16/h8-11,14-15,19-22H,2-7,12-13H2,1H3,(H,29,33)(H,30,32)/t19-,20-,21-,22+,26+/m1/s1. The topological polar surface area (TPSA) is 97.0 Å². The average Bonchev–Trinajstić information content (AvgIpc) is 3.50. The Kier molecular flexibility index (Phi) is 7.32. The molecule has 194 valence electrons. The van der Waals surface area contributed by atoms with E-state index in [2.05, 4.69) is 10.6 Å². The van der Waals surface area contributed by atoms with Crippen LogP contribution in [-0.4, -0.2) is 66.7 Å². The Morgan fingerprint density at radius 2 is 1.94 bits per heavy atom. The van der Waals surface area contributed by atoms with E-state index in [9.17, 15) is 14.4 Å². The summed E-state index contributed by atoms with van der Waals surface area (Å²) < 4.78 is 11.5. The molecule has 2 bridgehead atoms. The van der Waals surface area contributed by atoms with E-state index in [1.165, 1.54) is 6.42 Å². The minimum Gasteiger partial charge on any atom is -0.385 e. The SMILES string of the molecule is COCCCN1C(=O)[C@H]2[C@H](C(=O)Nc3ccc(Cl)c(Cl)c3)[C@H]3C=C[C@@]2(O3)[C@@H]1C(=O)NC1CCCCC1. The van der Waals surface area contributed by atoms with Crippen molar-refractivity contribution < 1.29 is 23.9 Å². The van der Waals surface area contributed by atoms with E-state index >= 15 is 0 Å². The smallest absolute Gasteiger partial charge is 0.246 e. The molecule has 3 aliphatic heterocycles. The molecule has 0 aromatic heterocycles. The van der Waals surface area contributed by atoms with Crippen LogP contribution in [0.1, 0.15) is 38.5 Å². The number of halogens is 2. The molecule has 3 heterocycles. The minimum atomic E-state index is -1.17. The number of benzene rings is 1. The Morgan fingerprint density at radius 1 is 1.17 bits per heavy atom. The largest absolute Gasteiger partial charge is 0.385 e. The first-order valence-corrected chi connectivity index (χ1v) is 13.3. The molecule has 2 N–H and O–H groups in total. The molecule has 10 heteroatoms. The van der Waals surface area contributed by atoms with Crippen LogP contribution in [0.3, 0.4) is 0 Å². The van der Waals surface area contributed by atoms with E-state index in [1.54, 1.807) is 30.2 Å². The van der Waals surface area contributed by atoms with Gasteiger partial charge in [-0.3, -0.25) is 14.4 Å². The number of nitrogens with one attached hydrogen (secondary N) is 2. The first kappa shape index (κ1) is 25.5. The van der Waals surface area contributed by atoms with E-state index in [0.717, 1.165) is 25.7 Å². The summed E-state index contributed by atoms with van der Waals surface area (Å²) in [6.07, 6.45) is 8.81. The summed E-state index contributed by atoms with van der Waals surface area (Å²) in [5, 5.41) is 6.73. The number of amides is 3. The van der Waals surface area contributed by atoms with Crippen LogP contribution < -0.4 is 10.6 Å². The molecule has 1 aromatic carbocycles. The van der Waals surface area contributed by atoms with Gasteiger partial charge in [-0.15, -0.1) is 0 Å². The maximum absolute atomic E-state index is 13.8. The van der Waals surface area contributed by atoms with E-state index in [1.807, 2.05) is 12.2 Å². The van der Waals surface area contributed by atoms with Gasteiger partial charge in [-0.2, -0.15) is 0 Å². The second-order valence-corrected chi connectivity index (χ2v) is 10.9. The first-order valence-electron chi connectivity index (χ1n) is 12.6. The van der Waals surface area contributed by atoms with Crippen molar-refractivity contribution in [2.75, 3.05) is 25.6 Å². The molecular formula is C26H31Cl2N3O5. The van der Waals surface area contributed by atoms with Crippen LogP contribution in [-0.2, 0) is 23.9 Å². The van der Waals surface area contributed by atoms with Crippen molar-refractivity contribution in [3.05, 3.63) is 40.4 Å². The second kappa shape index (κ2) is 10.3. The van der Waals surface area contributed by atoms with Gasteiger partial charge in [0.05, 0.1) is 28.0 Å². The summed E-state index contributed by atoms with van der Waals surface area (Å²) in [5.41, 5.74) is -0.697. The number of fused-ring (bicyclic) bond motifs is 1. The highest BCUT2D eigenvalue weighted by Crippen LogP contribution is 2.55. The fourth-order valence-electron chi connectivity index (χ4n) is 6.21. The molecule has 1 aliphatic carbocycles. The molecule has 2 saturated heterocycles. The van der Waals surface area contributed by atoms with Crippen molar-refractivity contribution in [2.24, 2.45) is 11.8 Å². The number of rotatable bonds is 8. The quantitative estimate of drug-likeness (QED) is 0.391. The summed E-state index contributed by atoms with van der Waals surface area (Å²) in [5.74, 6) is -2.37. The van der Waals surface area contributed by atoms with Crippen LogP contribution in [0.5, 0.6) is 0 Å². The van der Waals surface area contributed by atoms with E-state index in [0.29, 0.717) is 35.3 Å². The third-order valence-electron chi connectivity index (χ3n) is 7.81. The van der Waals surface area contributed by atoms with Gasteiger partial charge in [0.2, 0.25) is 17.7 Å². The Hall–Kier alpha value is -2.13. The average molecular weight is 536 g/mol. The molecule has 3 amide bonds. The Bertz CT molecular complexity index is 1080. The van der Waals surface area contributed by atoms with Crippen LogP contribution in [0.25, 0.3) is 0 Å². The molecule has 1 saturated carbocycles. The predicted octanol–water partition coefficient (Wildman–Crippen LogP) is 3.57. The van der Waals surface area contributed by atoms with Crippen molar-refractivity contribution in [3.63, 3.8) is 0 Å². The van der Waals surface area contributed by atoms with Gasteiger partial charge >= 0.3 is 0 Å². The van der Waals surface area contributed by atoms with Gasteiger partial charge < -0.3 is 25.0 Å². The molecular weight excluding hydrogens is 505 g/mol. The lowest BCUT2D eigenvalue weighted by Crippen LogP contribution is -2.56. The van der Waals surface area contributed by atoms with Crippen molar-refractivity contribution in [2.45, 2.75) is 62.3 Å². The molecule has 5 atom stereocenters. The van der Waals surface area contributed by atoms with E-state index in [-0.39, 0.29) is 23.8 Å². The first-order chi connectivity index (χ1) is 17.4. The third kappa shape index (κ3) is 4.42. The van der Waals surface area contributed by atoms with Gasteiger partial charge in [0.25, 0.3) is 0 Å². The van der Waals surface area contributed by atoms with Crippen LogP contribution in [0.2, 0.25) is 10.0 Å². The van der Waals surface area contributed by atoms with Crippen molar-refractivity contribution in [3.8, 4) is 0 Å². The van der Waals surface area contributed by atoms with Gasteiger partial charge in [-0.1, -0.05) is 54.6 Å². The highest BCUT2D eigenvalue weighted by atomic mass is 35.5. The van der Waals surface area contributed by atoms with E-state index < -0.39 is 29.6 Å². The molecule has 8 nitrogen and oxygen atoms in total. The van der Waals surface area contributed by atoms with Gasteiger partial charge in [0.1, 0.15) is 11.6 Å². The van der Waals surface area contributed by atoms with Crippen LogP contribution in [0, 0.1) is 11.8 Å². The lowest BCUT2D eigenvalue weighted by Gasteiger charge is -2.34. The maximum Gasteiger partial charge on any atom is 0.246 e. The van der Waals surface area contributed by atoms with Gasteiger partial charge in [-0.25, -0.2) is 0 Å². The number of methoxy groups -OCH3 is 1. The number of likely N-dealkylation sites (tertiary alicyclic amines) is 1. The van der Waals surface area contributed by atoms with Crippen molar-refractivity contribution in [1.82, 2.24) is 10.2 Å². The third-order valence-corrected chi connectivity index (χ3v) is 8.55. The zero-order chi connectivity index (χ0) is 25.4. The van der Waals surface area contributed by atoms with Gasteiger partial charge in [0.15, 0.2) is 0 Å². The van der Waals surface area contributed by atoms with E-state index in [4.69, 9.17) is 32.7 Å². The molecule has 5 rings (SSSR count). The second-order valence-electron chi connectivity index (χ2n) is 10.0. The number of hydrogen-bond acceptors (Lipinski definition) is 5. The summed E-state index contributed by atoms with van der Waals surface area (Å²) >= 11 is 12.1. The summed E-state index contributed by atoms with van der Waals surface area (Å²) in [6.45, 7) is 0.801. The van der Waals surface area contributed by atoms with Crippen molar-refractivity contribution in [1.29, 1.82) is 0 Å². The monoisotopic (exact) mass is 535 g/mol. The maximum atomic E-state index is 13.8. The fourth-order valence-corrected chi connectivity index (χ4v) is 6.51. The molecule has 36 heavy (non-hydrogen) atoms. The Morgan fingerprint density at radius 3 is 2.67 bits per heavy atom. The zero-order valence-electron chi connectivity index (χ0n) is 20.2. The zero-order valence-corrected chi connectivity index (χ0v) is 21.7. The number of hydrogen-bond donors (Lipinski definition) is 2. The molecule has 1 spiro atoms. The normalized spacial score (nSPS) is 31.1. The molecule has 1 aromatic rings. The predicted molar refractivity (Wildman–Crippen MR) is 136 cm³/mol. The number of carbonyl (C=O) groups excluding carboxylic acids is 3. The molecule has 0 radical (unpaired) electrons. The molecule has 0 unspecified atom stereocenters. The minimum absolute atomic E-state index is 0.0916. The Labute approximate surface area is 220 Å². The highest BCUT2D eigenvalue weighted by molar-refractivity contribution is 6.42. The summed E-state index contributed by atoms with van der Waals surface area (Å²) in [6, 6.07) is 4.07. The van der Waals surface area contributed by atoms with Crippen LogP contribution >= 0.6 is 23.2 Å². The number of anilines is 1. The number of ether oxygens (including phenoxy) is 2. The van der Waals surface area contributed by atoms with Gasteiger partial charge in [-0.05, 0) is 37.5 Å². The summed E-state index contributed by atoms with van der Waals surface area (Å²) in [7, 11) is 1.60. The lowest BCUT2D eigenvalue weighted by atomic mass is 9.74. The number of carbonyl (C=O) groups is 3. The summed E-state index contributed by atoms with van der Waals surface area (Å²) in [4.78, 5) is 42.5. The van der Waals surface area contributed by atoms with Crippen molar-refractivity contribution >= 4 is 46.6 Å². The highest BCUT2D eigenvalue weighted by Gasteiger charge is 2.72. The lowest BCUT2D eigenvalue weighted by molar-refractivity contribution is -0.141. The fraction of sp³-hybridized carbons (Fsp3) is 0.577.